The number of nitrogens with one attached hydrogen (secondary N) is 2. The Morgan fingerprint density at radius 2 is 1.90 bits per heavy atom. The van der Waals surface area contributed by atoms with Crippen LogP contribution in [0.2, 0.25) is 0 Å². The number of aryl methyl sites for hydroxylation is 2. The molecule has 1 aliphatic rings. The second-order valence-corrected chi connectivity index (χ2v) is 7.89. The summed E-state index contributed by atoms with van der Waals surface area (Å²) in [4.78, 5) is 4.33. The van der Waals surface area contributed by atoms with Crippen LogP contribution < -0.4 is 10.6 Å². The average Bonchev–Trinajstić information content (AvgIpc) is 3.41. The van der Waals surface area contributed by atoms with E-state index in [1.165, 1.54) is 24.8 Å². The normalized spacial score (nSPS) is 14.2. The average molecular weight is 421 g/mol. The van der Waals surface area contributed by atoms with Crippen LogP contribution in [0.1, 0.15) is 42.9 Å². The van der Waals surface area contributed by atoms with Crippen molar-refractivity contribution < 1.29 is 0 Å². The van der Waals surface area contributed by atoms with E-state index in [1.807, 2.05) is 24.0 Å². The molecule has 1 aromatic carbocycles. The number of hydrogen-bond donors (Lipinski definition) is 2. The number of rotatable bonds is 8. The Hall–Kier alpha value is -3.16. The predicted octanol–water partition coefficient (Wildman–Crippen LogP) is 2.53. The van der Waals surface area contributed by atoms with Crippen molar-refractivity contribution in [1.82, 2.24) is 35.2 Å². The van der Waals surface area contributed by atoms with Crippen molar-refractivity contribution in [1.29, 1.82) is 0 Å². The summed E-state index contributed by atoms with van der Waals surface area (Å²) < 4.78 is 4.20. The number of aliphatic imine (C=N–C) groups is 1. The van der Waals surface area contributed by atoms with Gasteiger partial charge in [-0.05, 0) is 49.4 Å². The Bertz CT molecular complexity index is 956. The highest BCUT2D eigenvalue weighted by molar-refractivity contribution is 5.79. The topological polar surface area (TPSA) is 85.0 Å². The van der Waals surface area contributed by atoms with Crippen LogP contribution in [-0.4, -0.2) is 50.6 Å². The van der Waals surface area contributed by atoms with Gasteiger partial charge in [-0.3, -0.25) is 4.99 Å². The number of aromatic nitrogens is 5. The number of hydrogen-bond acceptors (Lipinski definition) is 4. The lowest BCUT2D eigenvalue weighted by atomic mass is 10.1. The third-order valence-electron chi connectivity index (χ3n) is 5.69. The third-order valence-corrected chi connectivity index (χ3v) is 5.69. The first-order valence-corrected chi connectivity index (χ1v) is 11.3. The standard InChI is InChI=1S/C23H32N8/c1-24-23(25-14-5-8-22-29-28-21-7-3-2-4-17-30(21)22)26-16-13-19-9-11-20(12-10-19)31-18-6-15-27-31/h6,9-12,15,18H,2-5,7-8,13-14,16-17H2,1H3,(H2,24,25,26). The summed E-state index contributed by atoms with van der Waals surface area (Å²) in [6, 6.07) is 10.4. The lowest BCUT2D eigenvalue weighted by Crippen LogP contribution is -2.38. The van der Waals surface area contributed by atoms with Gasteiger partial charge in [0.2, 0.25) is 0 Å². The Balaban J connectivity index is 1.16. The van der Waals surface area contributed by atoms with Gasteiger partial charge < -0.3 is 15.2 Å². The zero-order valence-electron chi connectivity index (χ0n) is 18.3. The van der Waals surface area contributed by atoms with Gasteiger partial charge in [-0.2, -0.15) is 5.10 Å². The minimum Gasteiger partial charge on any atom is -0.356 e. The van der Waals surface area contributed by atoms with E-state index in [4.69, 9.17) is 0 Å². The fraction of sp³-hybridized carbons (Fsp3) is 0.478. The van der Waals surface area contributed by atoms with Crippen molar-refractivity contribution in [3.8, 4) is 5.69 Å². The molecule has 0 bridgehead atoms. The Morgan fingerprint density at radius 3 is 2.71 bits per heavy atom. The molecule has 0 spiro atoms. The van der Waals surface area contributed by atoms with Gasteiger partial charge in [-0.1, -0.05) is 18.6 Å². The van der Waals surface area contributed by atoms with E-state index < -0.39 is 0 Å². The summed E-state index contributed by atoms with van der Waals surface area (Å²) in [6.07, 6.45) is 11.5. The molecule has 0 unspecified atom stereocenters. The molecule has 3 heterocycles. The summed E-state index contributed by atoms with van der Waals surface area (Å²) in [6.45, 7) is 2.76. The molecule has 8 nitrogen and oxygen atoms in total. The lowest BCUT2D eigenvalue weighted by Gasteiger charge is -2.12. The fourth-order valence-electron chi connectivity index (χ4n) is 3.97. The van der Waals surface area contributed by atoms with Crippen molar-refractivity contribution in [2.45, 2.75) is 51.5 Å². The van der Waals surface area contributed by atoms with Crippen LogP contribution in [0.4, 0.5) is 0 Å². The predicted molar refractivity (Wildman–Crippen MR) is 123 cm³/mol. The van der Waals surface area contributed by atoms with Crippen LogP contribution in [0.5, 0.6) is 0 Å². The highest BCUT2D eigenvalue weighted by Crippen LogP contribution is 2.15. The summed E-state index contributed by atoms with van der Waals surface area (Å²) in [7, 11) is 1.81. The van der Waals surface area contributed by atoms with Crippen LogP contribution in [0.3, 0.4) is 0 Å². The van der Waals surface area contributed by atoms with Crippen LogP contribution in [0.25, 0.3) is 5.69 Å². The van der Waals surface area contributed by atoms with Gasteiger partial charge in [0.05, 0.1) is 5.69 Å². The van der Waals surface area contributed by atoms with E-state index in [0.29, 0.717) is 0 Å². The molecule has 1 aliphatic heterocycles. The molecule has 0 amide bonds. The maximum absolute atomic E-state index is 4.42. The summed E-state index contributed by atoms with van der Waals surface area (Å²) >= 11 is 0. The van der Waals surface area contributed by atoms with Crippen LogP contribution in [0, 0.1) is 0 Å². The van der Waals surface area contributed by atoms with E-state index >= 15 is 0 Å². The van der Waals surface area contributed by atoms with Gasteiger partial charge in [0, 0.05) is 51.9 Å². The van der Waals surface area contributed by atoms with Gasteiger partial charge in [0.25, 0.3) is 0 Å². The quantitative estimate of drug-likeness (QED) is 0.332. The molecule has 2 aromatic heterocycles. The second-order valence-electron chi connectivity index (χ2n) is 7.89. The van der Waals surface area contributed by atoms with Crippen molar-refractivity contribution in [2.75, 3.05) is 20.1 Å². The van der Waals surface area contributed by atoms with Crippen molar-refractivity contribution >= 4 is 5.96 Å². The number of benzene rings is 1. The molecule has 0 saturated heterocycles. The van der Waals surface area contributed by atoms with Crippen molar-refractivity contribution in [3.63, 3.8) is 0 Å². The number of guanidine groups is 1. The lowest BCUT2D eigenvalue weighted by molar-refractivity contribution is 0.594. The molecule has 8 heteroatoms. The molecular weight excluding hydrogens is 388 g/mol. The first kappa shape index (κ1) is 21.1. The van der Waals surface area contributed by atoms with Crippen LogP contribution in [0.15, 0.2) is 47.7 Å². The van der Waals surface area contributed by atoms with E-state index in [0.717, 1.165) is 68.6 Å². The van der Waals surface area contributed by atoms with Crippen LogP contribution >= 0.6 is 0 Å². The summed E-state index contributed by atoms with van der Waals surface area (Å²) in [5.74, 6) is 3.13. The summed E-state index contributed by atoms with van der Waals surface area (Å²) in [5, 5.41) is 19.9. The minimum atomic E-state index is 0.832. The molecular formula is C23H32N8. The SMILES string of the molecule is CN=C(NCCCc1nnc2n1CCCCC2)NCCc1ccc(-n2cccn2)cc1. The van der Waals surface area contributed by atoms with E-state index in [-0.39, 0.29) is 0 Å². The first-order chi connectivity index (χ1) is 15.3. The van der Waals surface area contributed by atoms with Gasteiger partial charge in [0.1, 0.15) is 11.6 Å². The molecule has 0 fully saturated rings. The molecule has 3 aromatic rings. The highest BCUT2D eigenvalue weighted by Gasteiger charge is 2.14. The van der Waals surface area contributed by atoms with E-state index in [1.54, 1.807) is 6.20 Å². The number of nitrogens with zero attached hydrogens (tertiary/aromatic N) is 6. The monoisotopic (exact) mass is 420 g/mol. The first-order valence-electron chi connectivity index (χ1n) is 11.3. The molecule has 4 rings (SSSR count). The fourth-order valence-corrected chi connectivity index (χ4v) is 3.97. The molecule has 0 atom stereocenters. The second kappa shape index (κ2) is 10.7. The van der Waals surface area contributed by atoms with Gasteiger partial charge >= 0.3 is 0 Å². The summed E-state index contributed by atoms with van der Waals surface area (Å²) in [5.41, 5.74) is 2.36. The Labute approximate surface area is 183 Å². The minimum absolute atomic E-state index is 0.832. The smallest absolute Gasteiger partial charge is 0.190 e. The van der Waals surface area contributed by atoms with Gasteiger partial charge in [-0.25, -0.2) is 4.68 Å². The zero-order valence-corrected chi connectivity index (χ0v) is 18.3. The van der Waals surface area contributed by atoms with Gasteiger partial charge in [-0.15, -0.1) is 10.2 Å². The molecule has 0 saturated carbocycles. The van der Waals surface area contributed by atoms with Crippen LogP contribution in [-0.2, 0) is 25.8 Å². The van der Waals surface area contributed by atoms with Crippen molar-refractivity contribution in [3.05, 3.63) is 59.9 Å². The Kier molecular flexibility index (Phi) is 7.31. The Morgan fingerprint density at radius 1 is 1.03 bits per heavy atom. The van der Waals surface area contributed by atoms with Gasteiger partial charge in [0.15, 0.2) is 5.96 Å². The number of fused-ring (bicyclic) bond motifs is 1. The zero-order chi connectivity index (χ0) is 21.3. The highest BCUT2D eigenvalue weighted by atomic mass is 15.3. The molecule has 2 N–H and O–H groups in total. The van der Waals surface area contributed by atoms with Crippen molar-refractivity contribution in [2.24, 2.45) is 4.99 Å². The third kappa shape index (κ3) is 5.71. The molecule has 0 radical (unpaired) electrons. The van der Waals surface area contributed by atoms with E-state index in [2.05, 4.69) is 59.8 Å². The molecule has 164 valence electrons. The molecule has 31 heavy (non-hydrogen) atoms. The van der Waals surface area contributed by atoms with E-state index in [9.17, 15) is 0 Å². The molecule has 0 aliphatic carbocycles. The maximum atomic E-state index is 4.42. The maximum Gasteiger partial charge on any atom is 0.190 e. The largest absolute Gasteiger partial charge is 0.356 e.